The van der Waals surface area contributed by atoms with Gasteiger partial charge in [0.25, 0.3) is 6.43 Å². The molecule has 0 aliphatic carbocycles. The Morgan fingerprint density at radius 1 is 1.45 bits per heavy atom. The maximum Gasteiger partial charge on any atom is 0.322 e. The minimum Gasteiger partial charge on any atom is -0.481 e. The van der Waals surface area contributed by atoms with Crippen LogP contribution in [0.1, 0.15) is 6.92 Å². The number of aromatic nitrogens is 1. The largest absolute Gasteiger partial charge is 0.481 e. The Labute approximate surface area is 125 Å². The van der Waals surface area contributed by atoms with Crippen LogP contribution in [0, 0.1) is 5.92 Å². The number of aliphatic carboxylic acids is 1. The molecular formula is C13H17F2N3O4. The molecule has 0 aromatic carbocycles. The second-order valence-corrected chi connectivity index (χ2v) is 4.61. The summed E-state index contributed by atoms with van der Waals surface area (Å²) in [7, 11) is 1.44. The number of hydrogen-bond acceptors (Lipinski definition) is 4. The normalized spacial score (nSPS) is 11.9. The minimum absolute atomic E-state index is 0.0166. The average Bonchev–Trinajstić information content (AvgIpc) is 2.45. The van der Waals surface area contributed by atoms with E-state index in [1.54, 1.807) is 0 Å². The van der Waals surface area contributed by atoms with Crippen molar-refractivity contribution in [2.75, 3.05) is 25.5 Å². The summed E-state index contributed by atoms with van der Waals surface area (Å²) in [5.41, 5.74) is 0. The highest BCUT2D eigenvalue weighted by molar-refractivity contribution is 5.88. The zero-order valence-electron chi connectivity index (χ0n) is 12.1. The van der Waals surface area contributed by atoms with Gasteiger partial charge in [0.05, 0.1) is 5.92 Å². The van der Waals surface area contributed by atoms with Crippen molar-refractivity contribution in [3.8, 4) is 5.88 Å². The first-order valence-corrected chi connectivity index (χ1v) is 6.42. The van der Waals surface area contributed by atoms with Crippen molar-refractivity contribution < 1.29 is 28.2 Å². The van der Waals surface area contributed by atoms with E-state index >= 15 is 0 Å². The summed E-state index contributed by atoms with van der Waals surface area (Å²) >= 11 is 0. The third-order valence-electron chi connectivity index (χ3n) is 2.63. The second-order valence-electron chi connectivity index (χ2n) is 4.61. The molecule has 9 heteroatoms. The molecular weight excluding hydrogens is 300 g/mol. The molecule has 1 rings (SSSR count). The van der Waals surface area contributed by atoms with Gasteiger partial charge in [0.2, 0.25) is 5.88 Å². The molecule has 0 bridgehead atoms. The van der Waals surface area contributed by atoms with E-state index in [-0.39, 0.29) is 18.2 Å². The maximum atomic E-state index is 12.0. The summed E-state index contributed by atoms with van der Waals surface area (Å²) in [5.74, 6) is -1.66. The predicted molar refractivity (Wildman–Crippen MR) is 74.2 cm³/mol. The monoisotopic (exact) mass is 317 g/mol. The molecule has 1 heterocycles. The molecule has 1 unspecified atom stereocenters. The van der Waals surface area contributed by atoms with Crippen LogP contribution >= 0.6 is 0 Å². The van der Waals surface area contributed by atoms with Crippen LogP contribution in [0.25, 0.3) is 0 Å². The van der Waals surface area contributed by atoms with Crippen LogP contribution in [0.2, 0.25) is 0 Å². The van der Waals surface area contributed by atoms with Crippen LogP contribution in [-0.4, -0.2) is 53.6 Å². The molecule has 0 saturated carbocycles. The lowest BCUT2D eigenvalue weighted by Gasteiger charge is -2.19. The minimum atomic E-state index is -2.62. The Balaban J connectivity index is 2.60. The number of halogens is 2. The quantitative estimate of drug-likeness (QED) is 0.801. The fourth-order valence-corrected chi connectivity index (χ4v) is 1.49. The van der Waals surface area contributed by atoms with Crippen molar-refractivity contribution in [2.45, 2.75) is 13.3 Å². The van der Waals surface area contributed by atoms with Crippen molar-refractivity contribution >= 4 is 17.8 Å². The number of carboxylic acids is 1. The molecule has 2 N–H and O–H groups in total. The van der Waals surface area contributed by atoms with E-state index in [0.717, 1.165) is 0 Å². The molecule has 122 valence electrons. The van der Waals surface area contributed by atoms with Gasteiger partial charge < -0.3 is 14.7 Å². The number of pyridine rings is 1. The van der Waals surface area contributed by atoms with Gasteiger partial charge in [-0.25, -0.2) is 13.6 Å². The summed E-state index contributed by atoms with van der Waals surface area (Å²) < 4.78 is 28.8. The van der Waals surface area contributed by atoms with Gasteiger partial charge in [0.15, 0.2) is 6.61 Å². The van der Waals surface area contributed by atoms with Crippen LogP contribution < -0.4 is 10.1 Å². The summed E-state index contributed by atoms with van der Waals surface area (Å²) in [6, 6.07) is 3.77. The molecule has 0 fully saturated rings. The predicted octanol–water partition coefficient (Wildman–Crippen LogP) is 1.91. The third-order valence-corrected chi connectivity index (χ3v) is 2.63. The molecule has 1 aromatic heterocycles. The molecule has 0 aliphatic rings. The van der Waals surface area contributed by atoms with Crippen LogP contribution in [0.3, 0.4) is 0 Å². The van der Waals surface area contributed by atoms with Crippen LogP contribution in [0.4, 0.5) is 19.4 Å². The lowest BCUT2D eigenvalue weighted by molar-refractivity contribution is -0.141. The molecule has 1 atom stereocenters. The number of nitrogens with zero attached hydrogens (tertiary/aromatic N) is 2. The van der Waals surface area contributed by atoms with E-state index < -0.39 is 31.0 Å². The van der Waals surface area contributed by atoms with Crippen molar-refractivity contribution in [3.63, 3.8) is 0 Å². The molecule has 0 spiro atoms. The Kier molecular flexibility index (Phi) is 6.48. The molecule has 0 saturated heterocycles. The van der Waals surface area contributed by atoms with Crippen molar-refractivity contribution in [3.05, 3.63) is 18.2 Å². The number of carbonyl (C=O) groups excluding carboxylic acids is 1. The summed E-state index contributed by atoms with van der Waals surface area (Å²) in [5, 5.41) is 11.2. The number of carbonyl (C=O) groups is 2. The van der Waals surface area contributed by atoms with Gasteiger partial charge >= 0.3 is 12.0 Å². The fourth-order valence-electron chi connectivity index (χ4n) is 1.49. The molecule has 22 heavy (non-hydrogen) atoms. The van der Waals surface area contributed by atoms with Crippen LogP contribution in [0.5, 0.6) is 5.88 Å². The number of urea groups is 1. The molecule has 1 aromatic rings. The first-order chi connectivity index (χ1) is 10.3. The van der Waals surface area contributed by atoms with Gasteiger partial charge in [-0.15, -0.1) is 0 Å². The van der Waals surface area contributed by atoms with E-state index in [0.29, 0.717) is 0 Å². The van der Waals surface area contributed by atoms with Crippen molar-refractivity contribution in [1.82, 2.24) is 9.88 Å². The maximum absolute atomic E-state index is 12.0. The van der Waals surface area contributed by atoms with Gasteiger partial charge in [-0.2, -0.15) is 4.98 Å². The van der Waals surface area contributed by atoms with E-state index in [2.05, 4.69) is 10.3 Å². The number of amides is 2. The number of ether oxygens (including phenoxy) is 1. The summed E-state index contributed by atoms with van der Waals surface area (Å²) in [4.78, 5) is 27.6. The Morgan fingerprint density at radius 2 is 2.14 bits per heavy atom. The van der Waals surface area contributed by atoms with E-state index in [9.17, 15) is 18.4 Å². The van der Waals surface area contributed by atoms with Crippen molar-refractivity contribution in [1.29, 1.82) is 0 Å². The number of nitrogens with one attached hydrogen (secondary N) is 1. The number of alkyl halides is 2. The van der Waals surface area contributed by atoms with Gasteiger partial charge in [0.1, 0.15) is 5.82 Å². The van der Waals surface area contributed by atoms with Gasteiger partial charge in [0, 0.05) is 19.7 Å². The highest BCUT2D eigenvalue weighted by atomic mass is 19.3. The highest BCUT2D eigenvalue weighted by Crippen LogP contribution is 2.13. The zero-order chi connectivity index (χ0) is 16.7. The average molecular weight is 317 g/mol. The van der Waals surface area contributed by atoms with E-state index in [1.165, 1.54) is 37.1 Å². The Hall–Kier alpha value is -2.45. The van der Waals surface area contributed by atoms with Crippen LogP contribution in [0.15, 0.2) is 18.2 Å². The Bertz CT molecular complexity index is 528. The van der Waals surface area contributed by atoms with Crippen LogP contribution in [-0.2, 0) is 4.79 Å². The molecule has 7 nitrogen and oxygen atoms in total. The zero-order valence-corrected chi connectivity index (χ0v) is 12.1. The first kappa shape index (κ1) is 17.6. The number of rotatable bonds is 7. The lowest BCUT2D eigenvalue weighted by atomic mass is 10.2. The number of hydrogen-bond donors (Lipinski definition) is 2. The summed E-state index contributed by atoms with van der Waals surface area (Å²) in [6.07, 6.45) is -2.62. The SMILES string of the molecule is CC(CN(C)C(=O)Nc1cccc(OCC(F)F)n1)C(=O)O. The van der Waals surface area contributed by atoms with E-state index in [1.807, 2.05) is 0 Å². The standard InChI is InChI=1S/C13H17F2N3O4/c1-8(12(19)20)6-18(2)13(21)17-10-4-3-5-11(16-10)22-7-9(14)15/h3-5,8-9H,6-7H2,1-2H3,(H,19,20)(H,16,17,21). The van der Waals surface area contributed by atoms with Gasteiger partial charge in [-0.3, -0.25) is 10.1 Å². The number of anilines is 1. The third kappa shape index (κ3) is 5.90. The molecule has 0 radical (unpaired) electrons. The molecule has 2 amide bonds. The van der Waals surface area contributed by atoms with Gasteiger partial charge in [-0.05, 0) is 6.07 Å². The highest BCUT2D eigenvalue weighted by Gasteiger charge is 2.17. The smallest absolute Gasteiger partial charge is 0.322 e. The fraction of sp³-hybridized carbons (Fsp3) is 0.462. The van der Waals surface area contributed by atoms with Gasteiger partial charge in [-0.1, -0.05) is 13.0 Å². The first-order valence-electron chi connectivity index (χ1n) is 6.42. The number of carboxylic acid groups (broad SMARTS) is 1. The topological polar surface area (TPSA) is 91.8 Å². The summed E-state index contributed by atoms with van der Waals surface area (Å²) in [6.45, 7) is 0.701. The Morgan fingerprint density at radius 3 is 2.73 bits per heavy atom. The lowest BCUT2D eigenvalue weighted by Crippen LogP contribution is -2.36. The van der Waals surface area contributed by atoms with E-state index in [4.69, 9.17) is 9.84 Å². The second kappa shape index (κ2) is 8.11. The molecule has 0 aliphatic heterocycles. The van der Waals surface area contributed by atoms with Crippen molar-refractivity contribution in [2.24, 2.45) is 5.92 Å².